The Bertz CT molecular complexity index is 682. The van der Waals surface area contributed by atoms with Crippen LogP contribution in [0.25, 0.3) is 0 Å². The number of carbonyl (C=O) groups excluding carboxylic acids is 1. The minimum Gasteiger partial charge on any atom is -0.317 e. The minimum atomic E-state index is -0.210. The number of hydrogen-bond donors (Lipinski definition) is 2. The van der Waals surface area contributed by atoms with E-state index >= 15 is 0 Å². The molecule has 0 unspecified atom stereocenters. The predicted molar refractivity (Wildman–Crippen MR) is 94.8 cm³/mol. The molecule has 2 N–H and O–H groups in total. The second-order valence-electron chi connectivity index (χ2n) is 6.18. The number of nitrogens with zero attached hydrogens (tertiary/aromatic N) is 1. The number of amides is 1. The van der Waals surface area contributed by atoms with Gasteiger partial charge in [0.15, 0.2) is 5.13 Å². The van der Waals surface area contributed by atoms with Crippen LogP contribution in [0.1, 0.15) is 36.1 Å². The lowest BCUT2D eigenvalue weighted by Gasteiger charge is -2.21. The molecule has 0 spiro atoms. The number of rotatable bonds is 6. The molecule has 1 aromatic carbocycles. The molecule has 1 saturated heterocycles. The van der Waals surface area contributed by atoms with Gasteiger partial charge in [-0.05, 0) is 49.9 Å². The number of hydrogen-bond acceptors (Lipinski definition) is 4. The quantitative estimate of drug-likeness (QED) is 0.840. The van der Waals surface area contributed by atoms with E-state index in [2.05, 4.69) is 15.6 Å². The van der Waals surface area contributed by atoms with E-state index in [4.69, 9.17) is 0 Å². The fraction of sp³-hybridized carbons (Fsp3) is 0.444. The number of piperidine rings is 1. The molecular formula is C18H22FN3OS. The highest BCUT2D eigenvalue weighted by atomic mass is 32.1. The van der Waals surface area contributed by atoms with Crippen molar-refractivity contribution in [1.29, 1.82) is 0 Å². The monoisotopic (exact) mass is 347 g/mol. The molecule has 24 heavy (non-hydrogen) atoms. The molecule has 1 aliphatic rings. The van der Waals surface area contributed by atoms with E-state index in [1.807, 2.05) is 6.07 Å². The van der Waals surface area contributed by atoms with Crippen LogP contribution in [0.15, 0.2) is 30.5 Å². The van der Waals surface area contributed by atoms with Crippen LogP contribution in [0.4, 0.5) is 9.52 Å². The summed E-state index contributed by atoms with van der Waals surface area (Å²) in [5, 5.41) is 6.79. The first-order valence-corrected chi connectivity index (χ1v) is 9.21. The van der Waals surface area contributed by atoms with E-state index in [0.717, 1.165) is 37.2 Å². The van der Waals surface area contributed by atoms with E-state index in [0.29, 0.717) is 29.5 Å². The van der Waals surface area contributed by atoms with Crippen molar-refractivity contribution in [1.82, 2.24) is 10.3 Å². The topological polar surface area (TPSA) is 54.0 Å². The molecule has 0 saturated carbocycles. The Hall–Kier alpha value is -1.79. The minimum absolute atomic E-state index is 0.0142. The smallest absolute Gasteiger partial charge is 0.226 e. The number of benzene rings is 1. The molecular weight excluding hydrogens is 325 g/mol. The third kappa shape index (κ3) is 4.85. The molecule has 128 valence electrons. The molecule has 6 heteroatoms. The van der Waals surface area contributed by atoms with Crippen LogP contribution >= 0.6 is 11.3 Å². The first-order chi connectivity index (χ1) is 11.7. The molecule has 1 aromatic heterocycles. The maximum absolute atomic E-state index is 13.7. The van der Waals surface area contributed by atoms with Crippen molar-refractivity contribution in [2.24, 2.45) is 5.92 Å². The van der Waals surface area contributed by atoms with Crippen molar-refractivity contribution >= 4 is 22.4 Å². The number of carbonyl (C=O) groups is 1. The summed E-state index contributed by atoms with van der Waals surface area (Å²) in [6.07, 6.45) is 5.97. The van der Waals surface area contributed by atoms with Gasteiger partial charge in [-0.25, -0.2) is 9.37 Å². The molecule has 4 nitrogen and oxygen atoms in total. The largest absolute Gasteiger partial charge is 0.317 e. The van der Waals surface area contributed by atoms with Crippen molar-refractivity contribution in [2.75, 3.05) is 18.4 Å². The number of nitrogens with one attached hydrogen (secondary N) is 2. The highest BCUT2D eigenvalue weighted by Gasteiger charge is 2.15. The van der Waals surface area contributed by atoms with Crippen LogP contribution < -0.4 is 10.6 Å². The fourth-order valence-electron chi connectivity index (χ4n) is 2.96. The van der Waals surface area contributed by atoms with Gasteiger partial charge in [-0.15, -0.1) is 11.3 Å². The zero-order valence-corrected chi connectivity index (χ0v) is 14.4. The average molecular weight is 347 g/mol. The lowest BCUT2D eigenvalue weighted by atomic mass is 9.93. The number of thiazole rings is 1. The summed E-state index contributed by atoms with van der Waals surface area (Å²) in [5.41, 5.74) is 0.643. The van der Waals surface area contributed by atoms with E-state index in [1.165, 1.54) is 17.4 Å². The van der Waals surface area contributed by atoms with E-state index in [9.17, 15) is 9.18 Å². The van der Waals surface area contributed by atoms with Gasteiger partial charge < -0.3 is 10.6 Å². The molecule has 1 aliphatic heterocycles. The third-order valence-corrected chi connectivity index (χ3v) is 5.27. The highest BCUT2D eigenvalue weighted by Crippen LogP contribution is 2.23. The Labute approximate surface area is 145 Å². The zero-order valence-electron chi connectivity index (χ0n) is 13.6. The fourth-order valence-corrected chi connectivity index (χ4v) is 3.82. The normalized spacial score (nSPS) is 15.4. The van der Waals surface area contributed by atoms with Gasteiger partial charge in [-0.1, -0.05) is 18.2 Å². The van der Waals surface area contributed by atoms with Gasteiger partial charge in [-0.3, -0.25) is 4.79 Å². The van der Waals surface area contributed by atoms with Crippen molar-refractivity contribution in [3.8, 4) is 0 Å². The number of halogens is 1. The summed E-state index contributed by atoms with van der Waals surface area (Å²) in [4.78, 5) is 17.2. The molecule has 1 amide bonds. The summed E-state index contributed by atoms with van der Waals surface area (Å²) in [6, 6.07) is 6.73. The first kappa shape index (κ1) is 17.0. The van der Waals surface area contributed by atoms with E-state index in [-0.39, 0.29) is 11.7 Å². The van der Waals surface area contributed by atoms with Crippen LogP contribution in [0.5, 0.6) is 0 Å². The molecule has 2 heterocycles. The van der Waals surface area contributed by atoms with Crippen molar-refractivity contribution < 1.29 is 9.18 Å². The molecule has 2 aromatic rings. The summed E-state index contributed by atoms with van der Waals surface area (Å²) < 4.78 is 13.7. The molecule has 0 atom stereocenters. The van der Waals surface area contributed by atoms with Gasteiger partial charge in [0.25, 0.3) is 0 Å². The van der Waals surface area contributed by atoms with Crippen molar-refractivity contribution in [3.05, 3.63) is 46.7 Å². The van der Waals surface area contributed by atoms with Gasteiger partial charge >= 0.3 is 0 Å². The lowest BCUT2D eigenvalue weighted by Crippen LogP contribution is -2.28. The van der Waals surface area contributed by atoms with Gasteiger partial charge in [0.1, 0.15) is 5.82 Å². The molecule has 0 radical (unpaired) electrons. The molecule has 0 bridgehead atoms. The van der Waals surface area contributed by atoms with Crippen LogP contribution in [-0.4, -0.2) is 24.0 Å². The zero-order chi connectivity index (χ0) is 16.8. The first-order valence-electron chi connectivity index (χ1n) is 8.39. The number of aromatic nitrogens is 1. The van der Waals surface area contributed by atoms with Gasteiger partial charge in [-0.2, -0.15) is 0 Å². The van der Waals surface area contributed by atoms with Crippen molar-refractivity contribution in [3.63, 3.8) is 0 Å². The summed E-state index contributed by atoms with van der Waals surface area (Å²) >= 11 is 1.41. The highest BCUT2D eigenvalue weighted by molar-refractivity contribution is 7.15. The Morgan fingerprint density at radius 3 is 2.92 bits per heavy atom. The van der Waals surface area contributed by atoms with Crippen molar-refractivity contribution in [2.45, 2.75) is 32.1 Å². The Morgan fingerprint density at radius 1 is 1.33 bits per heavy atom. The van der Waals surface area contributed by atoms with Gasteiger partial charge in [0.05, 0.1) is 0 Å². The second kappa shape index (κ2) is 8.35. The molecule has 0 aliphatic carbocycles. The van der Waals surface area contributed by atoms with Crippen LogP contribution in [0.2, 0.25) is 0 Å². The van der Waals surface area contributed by atoms with Crippen LogP contribution in [0, 0.1) is 11.7 Å². The van der Waals surface area contributed by atoms with E-state index in [1.54, 1.807) is 18.3 Å². The van der Waals surface area contributed by atoms with Crippen LogP contribution in [0.3, 0.4) is 0 Å². The maximum atomic E-state index is 13.7. The van der Waals surface area contributed by atoms with E-state index < -0.39 is 0 Å². The van der Waals surface area contributed by atoms with Gasteiger partial charge in [0, 0.05) is 23.9 Å². The Balaban J connectivity index is 1.48. The van der Waals surface area contributed by atoms with Gasteiger partial charge in [0.2, 0.25) is 5.91 Å². The predicted octanol–water partition coefficient (Wildman–Crippen LogP) is 3.59. The summed E-state index contributed by atoms with van der Waals surface area (Å²) in [6.45, 7) is 2.11. The molecule has 1 fully saturated rings. The third-order valence-electron chi connectivity index (χ3n) is 4.36. The average Bonchev–Trinajstić information content (AvgIpc) is 3.03. The standard InChI is InChI=1S/C18H22FN3OS/c19-16-4-2-1-3-14(16)11-15-12-21-18(24-15)22-17(23)6-5-13-7-9-20-10-8-13/h1-4,12-13,20H,5-11H2,(H,21,22,23). The molecule has 3 rings (SSSR count). The number of anilines is 1. The van der Waals surface area contributed by atoms with Crippen LogP contribution in [-0.2, 0) is 11.2 Å². The Kier molecular flexibility index (Phi) is 5.93. The SMILES string of the molecule is O=C(CCC1CCNCC1)Nc1ncc(Cc2ccccc2F)s1. The summed E-state index contributed by atoms with van der Waals surface area (Å²) in [5.74, 6) is 0.448. The maximum Gasteiger partial charge on any atom is 0.226 e. The lowest BCUT2D eigenvalue weighted by molar-refractivity contribution is -0.116. The Morgan fingerprint density at radius 2 is 2.12 bits per heavy atom. The summed E-state index contributed by atoms with van der Waals surface area (Å²) in [7, 11) is 0. The second-order valence-corrected chi connectivity index (χ2v) is 7.30.